The first kappa shape index (κ1) is 13.8. The summed E-state index contributed by atoms with van der Waals surface area (Å²) in [4.78, 5) is 11.9. The van der Waals surface area contributed by atoms with Crippen LogP contribution in [0.15, 0.2) is 18.2 Å². The number of nitrogens with one attached hydrogen (secondary N) is 2. The van der Waals surface area contributed by atoms with E-state index in [9.17, 15) is 4.39 Å². The third-order valence-corrected chi connectivity index (χ3v) is 2.58. The van der Waals surface area contributed by atoms with Gasteiger partial charge in [0, 0.05) is 12.2 Å². The largest absolute Gasteiger partial charge is 0.354 e. The van der Waals surface area contributed by atoms with Crippen LogP contribution in [0, 0.1) is 5.82 Å². The topological polar surface area (TPSA) is 62.7 Å². The van der Waals surface area contributed by atoms with E-state index in [2.05, 4.69) is 25.6 Å². The van der Waals surface area contributed by atoms with Gasteiger partial charge in [-0.1, -0.05) is 11.6 Å². The fraction of sp³-hybridized carbons (Fsp3) is 0.182. The molecule has 2 rings (SSSR count). The fourth-order valence-corrected chi connectivity index (χ4v) is 1.69. The molecule has 19 heavy (non-hydrogen) atoms. The van der Waals surface area contributed by atoms with Gasteiger partial charge in [0.2, 0.25) is 17.2 Å². The highest BCUT2D eigenvalue weighted by molar-refractivity contribution is 6.31. The molecule has 1 aromatic heterocycles. The maximum absolute atomic E-state index is 13.0. The molecule has 0 unspecified atom stereocenters. The summed E-state index contributed by atoms with van der Waals surface area (Å²) >= 11 is 11.5. The Balaban J connectivity index is 2.24. The van der Waals surface area contributed by atoms with Gasteiger partial charge in [0.25, 0.3) is 0 Å². The van der Waals surface area contributed by atoms with Crippen molar-refractivity contribution in [3.05, 3.63) is 34.3 Å². The van der Waals surface area contributed by atoms with Crippen molar-refractivity contribution >= 4 is 40.8 Å². The molecule has 0 atom stereocenters. The number of halogens is 3. The van der Waals surface area contributed by atoms with Gasteiger partial charge in [0.15, 0.2) is 0 Å². The van der Waals surface area contributed by atoms with E-state index in [1.165, 1.54) is 18.2 Å². The van der Waals surface area contributed by atoms with E-state index in [4.69, 9.17) is 23.2 Å². The third kappa shape index (κ3) is 3.65. The lowest BCUT2D eigenvalue weighted by molar-refractivity contribution is 0.628. The zero-order valence-corrected chi connectivity index (χ0v) is 11.4. The standard InChI is InChI=1S/C11H10Cl2FN5/c1-2-15-10-17-9(13)18-11(19-10)16-6-3-4-8(14)7(12)5-6/h3-5H,2H2,1H3,(H2,15,16,17,18,19). The van der Waals surface area contributed by atoms with Crippen LogP contribution in [0.25, 0.3) is 0 Å². The molecule has 0 radical (unpaired) electrons. The fourth-order valence-electron chi connectivity index (χ4n) is 1.35. The van der Waals surface area contributed by atoms with Crippen molar-refractivity contribution in [2.45, 2.75) is 6.92 Å². The summed E-state index contributed by atoms with van der Waals surface area (Å²) in [7, 11) is 0. The van der Waals surface area contributed by atoms with E-state index in [1.54, 1.807) is 0 Å². The monoisotopic (exact) mass is 301 g/mol. The first-order valence-electron chi connectivity index (χ1n) is 5.46. The minimum atomic E-state index is -0.491. The molecule has 0 spiro atoms. The van der Waals surface area contributed by atoms with E-state index in [0.717, 1.165) is 0 Å². The average molecular weight is 302 g/mol. The van der Waals surface area contributed by atoms with Crippen molar-refractivity contribution in [1.82, 2.24) is 15.0 Å². The Labute approximate surface area is 119 Å². The Morgan fingerprint density at radius 1 is 1.16 bits per heavy atom. The molecule has 5 nitrogen and oxygen atoms in total. The quantitative estimate of drug-likeness (QED) is 0.905. The van der Waals surface area contributed by atoms with Crippen LogP contribution in [-0.4, -0.2) is 21.5 Å². The van der Waals surface area contributed by atoms with Gasteiger partial charge < -0.3 is 10.6 Å². The third-order valence-electron chi connectivity index (χ3n) is 2.12. The lowest BCUT2D eigenvalue weighted by Crippen LogP contribution is -2.06. The Hall–Kier alpha value is -1.66. The summed E-state index contributed by atoms with van der Waals surface area (Å²) in [6.07, 6.45) is 0. The van der Waals surface area contributed by atoms with Gasteiger partial charge in [0.1, 0.15) is 5.82 Å². The first-order valence-corrected chi connectivity index (χ1v) is 6.21. The molecule has 0 fully saturated rings. The van der Waals surface area contributed by atoms with E-state index in [1.807, 2.05) is 6.92 Å². The van der Waals surface area contributed by atoms with Gasteiger partial charge in [-0.2, -0.15) is 15.0 Å². The molecule has 0 saturated heterocycles. The molecule has 0 aliphatic rings. The molecule has 1 aromatic carbocycles. The second kappa shape index (κ2) is 5.99. The van der Waals surface area contributed by atoms with Gasteiger partial charge in [0.05, 0.1) is 5.02 Å². The summed E-state index contributed by atoms with van der Waals surface area (Å²) in [5, 5.41) is 5.86. The van der Waals surface area contributed by atoms with Crippen molar-refractivity contribution in [1.29, 1.82) is 0 Å². The van der Waals surface area contributed by atoms with Gasteiger partial charge >= 0.3 is 0 Å². The van der Waals surface area contributed by atoms with E-state index >= 15 is 0 Å². The Bertz CT molecular complexity index is 593. The van der Waals surface area contributed by atoms with Crippen LogP contribution in [0.5, 0.6) is 0 Å². The van der Waals surface area contributed by atoms with Crippen molar-refractivity contribution < 1.29 is 4.39 Å². The summed E-state index contributed by atoms with van der Waals surface area (Å²) in [6, 6.07) is 4.20. The highest BCUT2D eigenvalue weighted by Gasteiger charge is 2.06. The summed E-state index contributed by atoms with van der Waals surface area (Å²) in [5.74, 6) is 0.117. The Morgan fingerprint density at radius 3 is 2.58 bits per heavy atom. The van der Waals surface area contributed by atoms with Crippen LogP contribution in [-0.2, 0) is 0 Å². The molecular weight excluding hydrogens is 292 g/mol. The predicted octanol–water partition coefficient (Wildman–Crippen LogP) is 3.49. The smallest absolute Gasteiger partial charge is 0.233 e. The highest BCUT2D eigenvalue weighted by Crippen LogP contribution is 2.22. The van der Waals surface area contributed by atoms with Crippen molar-refractivity contribution in [2.24, 2.45) is 0 Å². The maximum atomic E-state index is 13.0. The lowest BCUT2D eigenvalue weighted by atomic mass is 10.3. The number of hydrogen-bond donors (Lipinski definition) is 2. The van der Waals surface area contributed by atoms with Crippen LogP contribution in [0.1, 0.15) is 6.92 Å². The molecule has 1 heterocycles. The zero-order valence-electron chi connectivity index (χ0n) is 9.91. The second-order valence-electron chi connectivity index (χ2n) is 3.54. The van der Waals surface area contributed by atoms with E-state index in [0.29, 0.717) is 18.2 Å². The molecule has 2 aromatic rings. The number of rotatable bonds is 4. The molecule has 8 heteroatoms. The lowest BCUT2D eigenvalue weighted by Gasteiger charge is -2.07. The van der Waals surface area contributed by atoms with Gasteiger partial charge in [-0.05, 0) is 36.7 Å². The molecule has 2 N–H and O–H groups in total. The molecule has 0 aliphatic heterocycles. The van der Waals surface area contributed by atoms with Crippen LogP contribution in [0.4, 0.5) is 22.0 Å². The summed E-state index contributed by atoms with van der Waals surface area (Å²) < 4.78 is 13.0. The van der Waals surface area contributed by atoms with Gasteiger partial charge in [-0.25, -0.2) is 4.39 Å². The number of anilines is 3. The summed E-state index contributed by atoms with van der Waals surface area (Å²) in [6.45, 7) is 2.56. The molecule has 0 saturated carbocycles. The highest BCUT2D eigenvalue weighted by atomic mass is 35.5. The minimum Gasteiger partial charge on any atom is -0.354 e. The van der Waals surface area contributed by atoms with Crippen LogP contribution in [0.2, 0.25) is 10.3 Å². The SMILES string of the molecule is CCNc1nc(Cl)nc(Nc2ccc(F)c(Cl)c2)n1. The molecule has 100 valence electrons. The number of nitrogens with zero attached hydrogens (tertiary/aromatic N) is 3. The van der Waals surface area contributed by atoms with Gasteiger partial charge in [-0.3, -0.25) is 0 Å². The number of hydrogen-bond acceptors (Lipinski definition) is 5. The van der Waals surface area contributed by atoms with Gasteiger partial charge in [-0.15, -0.1) is 0 Å². The van der Waals surface area contributed by atoms with Crippen molar-refractivity contribution in [2.75, 3.05) is 17.2 Å². The molecule has 0 aliphatic carbocycles. The second-order valence-corrected chi connectivity index (χ2v) is 4.28. The van der Waals surface area contributed by atoms with E-state index < -0.39 is 5.82 Å². The number of benzene rings is 1. The minimum absolute atomic E-state index is 0.0112. The summed E-state index contributed by atoms with van der Waals surface area (Å²) in [5.41, 5.74) is 0.552. The number of aromatic nitrogens is 3. The maximum Gasteiger partial charge on any atom is 0.233 e. The van der Waals surface area contributed by atoms with Crippen molar-refractivity contribution in [3.8, 4) is 0 Å². The first-order chi connectivity index (χ1) is 9.08. The molecule has 0 amide bonds. The zero-order chi connectivity index (χ0) is 13.8. The average Bonchev–Trinajstić information content (AvgIpc) is 2.33. The van der Waals surface area contributed by atoms with E-state index in [-0.39, 0.29) is 16.3 Å². The molecule has 0 bridgehead atoms. The van der Waals surface area contributed by atoms with Crippen LogP contribution in [0.3, 0.4) is 0 Å². The Morgan fingerprint density at radius 2 is 1.89 bits per heavy atom. The normalized spacial score (nSPS) is 10.3. The molecular formula is C11H10Cl2FN5. The Kier molecular flexibility index (Phi) is 4.34. The predicted molar refractivity (Wildman–Crippen MR) is 73.7 cm³/mol. The van der Waals surface area contributed by atoms with Crippen molar-refractivity contribution in [3.63, 3.8) is 0 Å². The van der Waals surface area contributed by atoms with Crippen LogP contribution < -0.4 is 10.6 Å². The van der Waals surface area contributed by atoms with Crippen LogP contribution >= 0.6 is 23.2 Å².